The summed E-state index contributed by atoms with van der Waals surface area (Å²) in [6.45, 7) is 8.28. The molecule has 1 N–H and O–H groups in total. The first-order chi connectivity index (χ1) is 22.5. The molecule has 0 unspecified atom stereocenters. The third-order valence-electron chi connectivity index (χ3n) is 8.92. The first-order valence-corrected chi connectivity index (χ1v) is 17.3. The molecular weight excluding hydrogens is 745 g/mol. The third kappa shape index (κ3) is 5.41. The van der Waals surface area contributed by atoms with Gasteiger partial charge in [0.15, 0.2) is 5.65 Å². The van der Waals surface area contributed by atoms with E-state index in [2.05, 4.69) is 20.4 Å². The number of hydrogen-bond acceptors (Lipinski definition) is 6. The molecule has 2 fully saturated rings. The Labute approximate surface area is 281 Å². The number of Topliss-reactive ketones (excluding diaryl/α,β-unsaturated/α-hetero) is 1. The Morgan fingerprint density at radius 1 is 1.08 bits per heavy atom. The Morgan fingerprint density at radius 2 is 1.83 bits per heavy atom. The van der Waals surface area contributed by atoms with Crippen LogP contribution in [0.15, 0.2) is 42.9 Å². The van der Waals surface area contributed by atoms with E-state index in [9.17, 15) is 31.9 Å². The van der Waals surface area contributed by atoms with Gasteiger partial charge in [0.2, 0.25) is 0 Å². The molecule has 2 aliphatic rings. The number of hydrogen-bond donors (Lipinski definition) is 1. The fraction of sp³-hybridized carbons (Fsp3) is 0.333. The van der Waals surface area contributed by atoms with Crippen molar-refractivity contribution in [3.8, 4) is 11.1 Å². The van der Waals surface area contributed by atoms with Crippen molar-refractivity contribution in [2.24, 2.45) is 0 Å². The van der Waals surface area contributed by atoms with Gasteiger partial charge in [-0.15, -0.1) is 0 Å². The number of alkyl halides is 5. The van der Waals surface area contributed by atoms with Crippen LogP contribution in [-0.2, 0) is 22.3 Å². The summed E-state index contributed by atoms with van der Waals surface area (Å²) in [5, 5.41) is 7.48. The monoisotopic (exact) mass is 774 g/mol. The normalized spacial score (nSPS) is 20.6. The molecule has 3 atom stereocenters. The summed E-state index contributed by atoms with van der Waals surface area (Å²) in [6.07, 6.45) is 0.673. The van der Waals surface area contributed by atoms with Gasteiger partial charge in [0.05, 0.1) is 5.69 Å². The second kappa shape index (κ2) is 11.1. The van der Waals surface area contributed by atoms with Crippen LogP contribution in [0.2, 0.25) is 0 Å². The van der Waals surface area contributed by atoms with Gasteiger partial charge in [-0.05, 0) is 6.92 Å². The molecule has 5 aromatic rings. The zero-order valence-corrected chi connectivity index (χ0v) is 28.6. The molecule has 0 saturated carbocycles. The van der Waals surface area contributed by atoms with Crippen LogP contribution in [0.3, 0.4) is 0 Å². The predicted molar refractivity (Wildman–Crippen MR) is 163 cm³/mol. The van der Waals surface area contributed by atoms with Crippen molar-refractivity contribution in [1.82, 2.24) is 29.0 Å². The van der Waals surface area contributed by atoms with E-state index in [1.165, 1.54) is 18.7 Å². The molecule has 15 heteroatoms. The predicted octanol–water partition coefficient (Wildman–Crippen LogP) is 2.46. The Bertz CT molecular complexity index is 2210. The summed E-state index contributed by atoms with van der Waals surface area (Å²) >= 11 is -0.447. The van der Waals surface area contributed by atoms with Gasteiger partial charge in [0.25, 0.3) is 0 Å². The molecule has 1 aromatic carbocycles. The van der Waals surface area contributed by atoms with Crippen molar-refractivity contribution >= 4 is 40.0 Å². The first kappa shape index (κ1) is 32.2. The van der Waals surface area contributed by atoms with Gasteiger partial charge in [0, 0.05) is 6.07 Å². The van der Waals surface area contributed by atoms with E-state index in [-0.39, 0.29) is 37.3 Å². The van der Waals surface area contributed by atoms with E-state index < -0.39 is 56.7 Å². The van der Waals surface area contributed by atoms with Crippen LogP contribution in [0.25, 0.3) is 27.7 Å². The molecule has 0 radical (unpaired) electrons. The van der Waals surface area contributed by atoms with Crippen molar-refractivity contribution in [1.29, 1.82) is 0 Å². The first-order valence-electron chi connectivity index (χ1n) is 15.0. The second-order valence-corrected chi connectivity index (χ2v) is 16.8. The van der Waals surface area contributed by atoms with Crippen LogP contribution in [0.1, 0.15) is 53.1 Å². The molecular formula is C33H29F4IN7O3-. The van der Waals surface area contributed by atoms with Gasteiger partial charge < -0.3 is 0 Å². The van der Waals surface area contributed by atoms with Crippen molar-refractivity contribution in [2.75, 3.05) is 5.32 Å². The Hall–Kier alpha value is -4.41. The number of halogens is 5. The quantitative estimate of drug-likeness (QED) is 0.0934. The minimum absolute atomic E-state index is 0.137. The zero-order valence-electron chi connectivity index (χ0n) is 26.4. The number of amides is 2. The van der Waals surface area contributed by atoms with Gasteiger partial charge in [-0.25, -0.2) is 0 Å². The van der Waals surface area contributed by atoms with Crippen LogP contribution in [0.4, 0.5) is 23.4 Å². The SMILES string of the molecule is CC(=O)c1cn(CC(=O)N2[C@H](C(=O)Nc3nc(C(F)(F)F)cc(F)c3C)C[C@@]3(C)[I-][C@@H]23)c2c(C)cc(-c3cnc4cc(C)nn4c3)cc12. The van der Waals surface area contributed by atoms with Crippen LogP contribution in [0, 0.1) is 26.6 Å². The Morgan fingerprint density at radius 3 is 2.54 bits per heavy atom. The fourth-order valence-electron chi connectivity index (χ4n) is 6.49. The van der Waals surface area contributed by atoms with Crippen LogP contribution in [0.5, 0.6) is 0 Å². The Kier molecular flexibility index (Phi) is 7.41. The average Bonchev–Trinajstić information content (AvgIpc) is 3.27. The van der Waals surface area contributed by atoms with Gasteiger partial charge in [0.1, 0.15) is 0 Å². The number of pyridine rings is 1. The van der Waals surface area contributed by atoms with Crippen LogP contribution < -0.4 is 26.5 Å². The van der Waals surface area contributed by atoms with Crippen LogP contribution in [-0.4, -0.2) is 60.2 Å². The van der Waals surface area contributed by atoms with E-state index in [0.29, 0.717) is 28.5 Å². The molecule has 48 heavy (non-hydrogen) atoms. The standard InChI is InChI=1S/C33H29F4IN7O3/c1-15-6-19(20-11-39-26-7-16(2)42-44(26)12-20)8-21-22(18(4)46)13-43(28(15)21)14-27(47)45-24(10-32(5)31(45)38-32)30(48)41-29-17(3)23(34)9-25(40-29)33(35,36)37/h6-9,11-13,24,31H,10,14H2,1-5H3,(H,40,41,48)/q-1/t24-,31-,32+/m0/s1. The summed E-state index contributed by atoms with van der Waals surface area (Å²) in [5.41, 5.74) is 3.38. The van der Waals surface area contributed by atoms with Gasteiger partial charge in [-0.2, -0.15) is 5.10 Å². The molecule has 250 valence electrons. The molecule has 2 aliphatic heterocycles. The van der Waals surface area contributed by atoms with Crippen LogP contribution >= 0.6 is 0 Å². The van der Waals surface area contributed by atoms with Gasteiger partial charge >= 0.3 is 253 Å². The summed E-state index contributed by atoms with van der Waals surface area (Å²) < 4.78 is 57.4. The number of anilines is 1. The maximum atomic E-state index is 14.4. The molecule has 0 aliphatic carbocycles. The van der Waals surface area contributed by atoms with Crippen molar-refractivity contribution in [3.05, 3.63) is 76.8 Å². The molecule has 0 bridgehead atoms. The van der Waals surface area contributed by atoms with E-state index in [1.54, 1.807) is 21.5 Å². The number of carbonyl (C=O) groups excluding carboxylic acids is 3. The molecule has 10 nitrogen and oxygen atoms in total. The number of carbonyl (C=O) groups is 3. The number of nitrogens with zero attached hydrogens (tertiary/aromatic N) is 6. The number of rotatable bonds is 6. The molecule has 2 amide bonds. The van der Waals surface area contributed by atoms with Crippen molar-refractivity contribution in [2.45, 2.75) is 67.3 Å². The summed E-state index contributed by atoms with van der Waals surface area (Å²) in [6, 6.07) is 5.01. The second-order valence-electron chi connectivity index (χ2n) is 12.5. The summed E-state index contributed by atoms with van der Waals surface area (Å²) in [4.78, 5) is 49.9. The number of benzene rings is 1. The number of nitrogens with one attached hydrogen (secondary N) is 1. The molecule has 6 heterocycles. The van der Waals surface area contributed by atoms with Gasteiger partial charge in [-0.3, -0.25) is 0 Å². The van der Waals surface area contributed by atoms with Crippen molar-refractivity contribution in [3.63, 3.8) is 0 Å². The molecule has 0 spiro atoms. The number of fused-ring (bicyclic) bond motifs is 3. The third-order valence-corrected chi connectivity index (χ3v) is 13.3. The summed E-state index contributed by atoms with van der Waals surface area (Å²) in [7, 11) is 0. The Balaban J connectivity index is 1.20. The average molecular weight is 775 g/mol. The van der Waals surface area contributed by atoms with E-state index in [4.69, 9.17) is 0 Å². The van der Waals surface area contributed by atoms with Crippen molar-refractivity contribution < 1.29 is 53.2 Å². The van der Waals surface area contributed by atoms with E-state index in [1.807, 2.05) is 45.2 Å². The topological polar surface area (TPSA) is 114 Å². The molecule has 7 rings (SSSR count). The zero-order chi connectivity index (χ0) is 34.4. The number of ketones is 1. The van der Waals surface area contributed by atoms with E-state index in [0.717, 1.165) is 22.4 Å². The van der Waals surface area contributed by atoms with Gasteiger partial charge in [-0.1, -0.05) is 0 Å². The fourth-order valence-corrected chi connectivity index (χ4v) is 9.88. The maximum absolute atomic E-state index is 14.4. The summed E-state index contributed by atoms with van der Waals surface area (Å²) in [5.74, 6) is -2.96. The molecule has 2 saturated heterocycles. The van der Waals surface area contributed by atoms with E-state index >= 15 is 0 Å². The number of likely N-dealkylation sites (tertiary alicyclic amines) is 1. The number of aryl methyl sites for hydroxylation is 2. The minimum atomic E-state index is -4.91. The number of aromatic nitrogens is 5. The molecule has 4 aromatic heterocycles.